The molecule has 0 bridgehead atoms. The number of sulfonamides is 1. The van der Waals surface area contributed by atoms with E-state index in [1.165, 1.54) is 12.4 Å². The SMILES string of the molecule is CS(=O)(=O)Nc1ncc(Cl)c(-c2cnn(CCC#N)c2)n1. The normalized spacial score (nSPS) is 11.1. The molecule has 0 atom stereocenters. The van der Waals surface area contributed by atoms with Crippen molar-refractivity contribution in [3.8, 4) is 17.3 Å². The van der Waals surface area contributed by atoms with Crippen LogP contribution >= 0.6 is 11.6 Å². The molecule has 0 spiro atoms. The second kappa shape index (κ2) is 6.07. The van der Waals surface area contributed by atoms with Crippen molar-refractivity contribution in [2.45, 2.75) is 13.0 Å². The van der Waals surface area contributed by atoms with Crippen molar-refractivity contribution in [1.82, 2.24) is 19.7 Å². The van der Waals surface area contributed by atoms with Gasteiger partial charge < -0.3 is 0 Å². The molecule has 0 saturated carbocycles. The second-order valence-corrected chi connectivity index (χ2v) is 6.32. The number of nitrogens with one attached hydrogen (secondary N) is 1. The van der Waals surface area contributed by atoms with E-state index < -0.39 is 10.0 Å². The molecule has 8 nitrogen and oxygen atoms in total. The molecule has 0 aliphatic heterocycles. The third-order valence-corrected chi connectivity index (χ3v) is 3.21. The van der Waals surface area contributed by atoms with Gasteiger partial charge in [0, 0.05) is 11.8 Å². The molecule has 0 saturated heterocycles. The summed E-state index contributed by atoms with van der Waals surface area (Å²) in [5.74, 6) is -0.0679. The van der Waals surface area contributed by atoms with Gasteiger partial charge in [-0.25, -0.2) is 18.4 Å². The predicted octanol–water partition coefficient (Wildman–Crippen LogP) is 1.28. The fourth-order valence-electron chi connectivity index (χ4n) is 1.56. The maximum absolute atomic E-state index is 11.2. The third kappa shape index (κ3) is 4.14. The number of hydrogen-bond donors (Lipinski definition) is 1. The number of aromatic nitrogens is 4. The number of anilines is 1. The van der Waals surface area contributed by atoms with Crippen LogP contribution in [0.3, 0.4) is 0 Å². The largest absolute Gasteiger partial charge is 0.271 e. The van der Waals surface area contributed by atoms with Crippen molar-refractivity contribution in [1.29, 1.82) is 5.26 Å². The van der Waals surface area contributed by atoms with Crippen LogP contribution in [0.5, 0.6) is 0 Å². The average molecular weight is 327 g/mol. The van der Waals surface area contributed by atoms with Gasteiger partial charge in [-0.1, -0.05) is 11.6 Å². The third-order valence-electron chi connectivity index (χ3n) is 2.38. The van der Waals surface area contributed by atoms with Crippen molar-refractivity contribution in [2.75, 3.05) is 11.0 Å². The molecule has 2 aromatic heterocycles. The Balaban J connectivity index is 2.32. The van der Waals surface area contributed by atoms with Gasteiger partial charge in [-0.3, -0.25) is 9.40 Å². The van der Waals surface area contributed by atoms with Crippen molar-refractivity contribution in [3.63, 3.8) is 0 Å². The van der Waals surface area contributed by atoms with Crippen LogP contribution in [0.1, 0.15) is 6.42 Å². The lowest BCUT2D eigenvalue weighted by Crippen LogP contribution is -2.12. The standard InChI is InChI=1S/C11H11ClN6O2S/c1-21(19,20)17-11-14-6-9(12)10(16-11)8-5-15-18(7-8)4-2-3-13/h5-7H,2,4H2,1H3,(H,14,16,17). The lowest BCUT2D eigenvalue weighted by atomic mass is 10.2. The summed E-state index contributed by atoms with van der Waals surface area (Å²) in [6.45, 7) is 0.452. The number of hydrogen-bond acceptors (Lipinski definition) is 6. The molecule has 0 aromatic carbocycles. The molecule has 2 rings (SSSR count). The minimum Gasteiger partial charge on any atom is -0.271 e. The Morgan fingerprint density at radius 1 is 1.48 bits per heavy atom. The van der Waals surface area contributed by atoms with Gasteiger partial charge in [-0.05, 0) is 0 Å². The molecule has 0 amide bonds. The fourth-order valence-corrected chi connectivity index (χ4v) is 2.19. The first-order valence-electron chi connectivity index (χ1n) is 5.79. The second-order valence-electron chi connectivity index (χ2n) is 4.16. The van der Waals surface area contributed by atoms with Gasteiger partial charge in [0.05, 0.1) is 48.4 Å². The van der Waals surface area contributed by atoms with Crippen LogP contribution < -0.4 is 4.72 Å². The van der Waals surface area contributed by atoms with E-state index in [0.29, 0.717) is 24.2 Å². The van der Waals surface area contributed by atoms with Crippen LogP contribution in [0.2, 0.25) is 5.02 Å². The maximum Gasteiger partial charge on any atom is 0.237 e. The lowest BCUT2D eigenvalue weighted by Gasteiger charge is -2.05. The molecule has 0 fully saturated rings. The zero-order valence-electron chi connectivity index (χ0n) is 11.0. The highest BCUT2D eigenvalue weighted by atomic mass is 35.5. The summed E-state index contributed by atoms with van der Waals surface area (Å²) in [5, 5.41) is 12.9. The van der Waals surface area contributed by atoms with Crippen molar-refractivity contribution < 1.29 is 8.42 Å². The van der Waals surface area contributed by atoms with E-state index in [2.05, 4.69) is 19.8 Å². The first-order chi connectivity index (χ1) is 9.89. The van der Waals surface area contributed by atoms with Crippen LogP contribution in [0, 0.1) is 11.3 Å². The smallest absolute Gasteiger partial charge is 0.237 e. The van der Waals surface area contributed by atoms with Crippen LogP contribution in [0.4, 0.5) is 5.95 Å². The molecule has 0 aliphatic carbocycles. The van der Waals surface area contributed by atoms with Crippen molar-refractivity contribution >= 4 is 27.6 Å². The van der Waals surface area contributed by atoms with Crippen molar-refractivity contribution in [3.05, 3.63) is 23.6 Å². The van der Waals surface area contributed by atoms with Gasteiger partial charge >= 0.3 is 0 Å². The monoisotopic (exact) mass is 326 g/mol. The van der Waals surface area contributed by atoms with Crippen LogP contribution in [0.15, 0.2) is 18.6 Å². The number of aryl methyl sites for hydroxylation is 1. The first kappa shape index (κ1) is 15.2. The van der Waals surface area contributed by atoms with Gasteiger partial charge in [0.1, 0.15) is 0 Å². The molecule has 21 heavy (non-hydrogen) atoms. The molecule has 10 heteroatoms. The topological polar surface area (TPSA) is 114 Å². The minimum atomic E-state index is -3.47. The maximum atomic E-state index is 11.2. The summed E-state index contributed by atoms with van der Waals surface area (Å²) < 4.78 is 26.1. The highest BCUT2D eigenvalue weighted by Gasteiger charge is 2.12. The van der Waals surface area contributed by atoms with E-state index in [-0.39, 0.29) is 11.0 Å². The Morgan fingerprint density at radius 2 is 2.24 bits per heavy atom. The van der Waals surface area contributed by atoms with E-state index in [0.717, 1.165) is 6.26 Å². The van der Waals surface area contributed by atoms with Gasteiger partial charge in [0.25, 0.3) is 0 Å². The molecular weight excluding hydrogens is 316 g/mol. The molecule has 0 aliphatic rings. The highest BCUT2D eigenvalue weighted by molar-refractivity contribution is 7.91. The van der Waals surface area contributed by atoms with E-state index in [1.807, 2.05) is 6.07 Å². The fraction of sp³-hybridized carbons (Fsp3) is 0.273. The number of halogens is 1. The molecule has 0 unspecified atom stereocenters. The average Bonchev–Trinajstić information content (AvgIpc) is 2.85. The Bertz CT molecular complexity index is 795. The Hall–Kier alpha value is -2.18. The number of nitrogens with zero attached hydrogens (tertiary/aromatic N) is 5. The Kier molecular flexibility index (Phi) is 4.40. The zero-order valence-corrected chi connectivity index (χ0v) is 12.6. The van der Waals surface area contributed by atoms with Crippen LogP contribution in [-0.4, -0.2) is 34.4 Å². The van der Waals surface area contributed by atoms with Crippen LogP contribution in [0.25, 0.3) is 11.3 Å². The summed E-state index contributed by atoms with van der Waals surface area (Å²) >= 11 is 6.02. The van der Waals surface area contributed by atoms with Gasteiger partial charge in [-0.15, -0.1) is 0 Å². The summed E-state index contributed by atoms with van der Waals surface area (Å²) in [7, 11) is -3.47. The highest BCUT2D eigenvalue weighted by Crippen LogP contribution is 2.25. The van der Waals surface area contributed by atoms with E-state index in [9.17, 15) is 8.42 Å². The molecule has 0 radical (unpaired) electrons. The summed E-state index contributed by atoms with van der Waals surface area (Å²) in [6.07, 6.45) is 5.86. The zero-order chi connectivity index (χ0) is 15.5. The van der Waals surface area contributed by atoms with E-state index in [1.54, 1.807) is 10.9 Å². The van der Waals surface area contributed by atoms with Gasteiger partial charge in [0.15, 0.2) is 0 Å². The summed E-state index contributed by atoms with van der Waals surface area (Å²) in [6, 6.07) is 2.02. The molecule has 2 heterocycles. The molecule has 110 valence electrons. The number of nitriles is 1. The predicted molar refractivity (Wildman–Crippen MR) is 77.0 cm³/mol. The van der Waals surface area contributed by atoms with E-state index >= 15 is 0 Å². The lowest BCUT2D eigenvalue weighted by molar-refractivity contribution is 0.606. The quantitative estimate of drug-likeness (QED) is 0.885. The Labute approximate surface area is 126 Å². The molecule has 1 N–H and O–H groups in total. The number of rotatable bonds is 5. The summed E-state index contributed by atoms with van der Waals surface area (Å²) in [5.41, 5.74) is 0.970. The minimum absolute atomic E-state index is 0.0679. The Morgan fingerprint density at radius 3 is 2.90 bits per heavy atom. The summed E-state index contributed by atoms with van der Waals surface area (Å²) in [4.78, 5) is 7.87. The molecular formula is C11H11ClN6O2S. The van der Waals surface area contributed by atoms with Crippen LogP contribution in [-0.2, 0) is 16.6 Å². The van der Waals surface area contributed by atoms with Crippen molar-refractivity contribution in [2.24, 2.45) is 0 Å². The van der Waals surface area contributed by atoms with Gasteiger partial charge in [0.2, 0.25) is 16.0 Å². The van der Waals surface area contributed by atoms with E-state index in [4.69, 9.17) is 16.9 Å². The van der Waals surface area contributed by atoms with Gasteiger partial charge in [-0.2, -0.15) is 10.4 Å². The molecule has 2 aromatic rings. The first-order valence-corrected chi connectivity index (χ1v) is 8.06.